The molecule has 2 aliphatic heterocycles. The lowest BCUT2D eigenvalue weighted by Crippen LogP contribution is -2.55. The summed E-state index contributed by atoms with van der Waals surface area (Å²) in [4.78, 5) is 35.2. The SMILES string of the molecule is CN(C)CCN1C[C@]2(CCCN(C(=O)c3ccc(C#N)nc3)C2)CCC1=O. The fraction of sp³-hybridized carbons (Fsp3) is 0.600. The van der Waals surface area contributed by atoms with Gasteiger partial charge in [0, 0.05) is 50.8 Å². The van der Waals surface area contributed by atoms with Crippen molar-refractivity contribution in [1.29, 1.82) is 5.26 Å². The number of nitriles is 1. The van der Waals surface area contributed by atoms with Gasteiger partial charge in [-0.2, -0.15) is 5.26 Å². The van der Waals surface area contributed by atoms with Crippen LogP contribution >= 0.6 is 0 Å². The fourth-order valence-corrected chi connectivity index (χ4v) is 4.11. The van der Waals surface area contributed by atoms with Gasteiger partial charge in [-0.05, 0) is 45.5 Å². The van der Waals surface area contributed by atoms with Gasteiger partial charge < -0.3 is 14.7 Å². The van der Waals surface area contributed by atoms with E-state index in [1.165, 1.54) is 6.20 Å². The maximum absolute atomic E-state index is 12.9. The number of carbonyl (C=O) groups excluding carboxylic acids is 2. The molecular weight excluding hydrogens is 342 g/mol. The van der Waals surface area contributed by atoms with Crippen LogP contribution in [0, 0.1) is 16.7 Å². The fourth-order valence-electron chi connectivity index (χ4n) is 4.11. The Labute approximate surface area is 160 Å². The summed E-state index contributed by atoms with van der Waals surface area (Å²) in [6.45, 7) is 3.72. The largest absolute Gasteiger partial charge is 0.341 e. The predicted octanol–water partition coefficient (Wildman–Crippen LogP) is 1.36. The second kappa shape index (κ2) is 8.05. The quantitative estimate of drug-likeness (QED) is 0.800. The number of aromatic nitrogens is 1. The Morgan fingerprint density at radius 1 is 1.33 bits per heavy atom. The molecule has 0 aromatic carbocycles. The van der Waals surface area contributed by atoms with Gasteiger partial charge >= 0.3 is 0 Å². The highest BCUT2D eigenvalue weighted by molar-refractivity contribution is 5.94. The van der Waals surface area contributed by atoms with Crippen molar-refractivity contribution in [2.75, 3.05) is 46.8 Å². The van der Waals surface area contributed by atoms with Gasteiger partial charge in [0.25, 0.3) is 5.91 Å². The number of likely N-dealkylation sites (tertiary alicyclic amines) is 2. The number of pyridine rings is 1. The Kier molecular flexibility index (Phi) is 5.76. The van der Waals surface area contributed by atoms with E-state index in [9.17, 15) is 9.59 Å². The second-order valence-corrected chi connectivity index (χ2v) is 7.99. The first-order chi connectivity index (χ1) is 12.9. The van der Waals surface area contributed by atoms with Crippen molar-refractivity contribution in [2.45, 2.75) is 25.7 Å². The number of hydrogen-bond donors (Lipinski definition) is 0. The molecule has 0 aliphatic carbocycles. The molecule has 1 atom stereocenters. The summed E-state index contributed by atoms with van der Waals surface area (Å²) >= 11 is 0. The Morgan fingerprint density at radius 3 is 2.81 bits per heavy atom. The molecule has 2 fully saturated rings. The molecule has 1 aromatic heterocycles. The van der Waals surface area contributed by atoms with Gasteiger partial charge in [-0.1, -0.05) is 0 Å². The molecular formula is C20H27N5O2. The first kappa shape index (κ1) is 19.3. The monoisotopic (exact) mass is 369 g/mol. The molecule has 2 amide bonds. The molecule has 3 rings (SSSR count). The normalized spacial score (nSPS) is 23.0. The average molecular weight is 369 g/mol. The lowest BCUT2D eigenvalue weighted by atomic mass is 9.73. The van der Waals surface area contributed by atoms with Gasteiger partial charge in [0.05, 0.1) is 5.56 Å². The highest BCUT2D eigenvalue weighted by Crippen LogP contribution is 2.39. The number of piperidine rings is 2. The molecule has 0 radical (unpaired) electrons. The van der Waals surface area contributed by atoms with Gasteiger partial charge in [0.2, 0.25) is 5.91 Å². The number of nitrogens with zero attached hydrogens (tertiary/aromatic N) is 5. The van der Waals surface area contributed by atoms with Gasteiger partial charge in [0.1, 0.15) is 11.8 Å². The molecule has 144 valence electrons. The van der Waals surface area contributed by atoms with Crippen molar-refractivity contribution in [3.63, 3.8) is 0 Å². The number of rotatable bonds is 4. The van der Waals surface area contributed by atoms with Crippen molar-refractivity contribution < 1.29 is 9.59 Å². The Hall–Kier alpha value is -2.46. The molecule has 7 nitrogen and oxygen atoms in total. The van der Waals surface area contributed by atoms with Crippen LogP contribution in [0.25, 0.3) is 0 Å². The molecule has 7 heteroatoms. The molecule has 2 saturated heterocycles. The molecule has 0 unspecified atom stereocenters. The van der Waals surface area contributed by atoms with E-state index in [4.69, 9.17) is 5.26 Å². The third-order valence-electron chi connectivity index (χ3n) is 5.64. The molecule has 0 N–H and O–H groups in total. The number of hydrogen-bond acceptors (Lipinski definition) is 5. The zero-order valence-corrected chi connectivity index (χ0v) is 16.1. The lowest BCUT2D eigenvalue weighted by molar-refractivity contribution is -0.139. The molecule has 2 aliphatic rings. The van der Waals surface area contributed by atoms with Crippen LogP contribution in [0.5, 0.6) is 0 Å². The highest BCUT2D eigenvalue weighted by Gasteiger charge is 2.42. The van der Waals surface area contributed by atoms with Gasteiger partial charge in [-0.3, -0.25) is 9.59 Å². The summed E-state index contributed by atoms with van der Waals surface area (Å²) < 4.78 is 0. The summed E-state index contributed by atoms with van der Waals surface area (Å²) in [6, 6.07) is 5.22. The van der Waals surface area contributed by atoms with E-state index >= 15 is 0 Å². The van der Waals surface area contributed by atoms with Crippen LogP contribution in [-0.4, -0.2) is 78.3 Å². The minimum atomic E-state index is -0.0391. The summed E-state index contributed by atoms with van der Waals surface area (Å²) in [7, 11) is 4.02. The third-order valence-corrected chi connectivity index (χ3v) is 5.64. The minimum Gasteiger partial charge on any atom is -0.341 e. The van der Waals surface area contributed by atoms with Gasteiger partial charge in [-0.15, -0.1) is 0 Å². The molecule has 27 heavy (non-hydrogen) atoms. The first-order valence-electron chi connectivity index (χ1n) is 9.50. The molecule has 1 spiro atoms. The Bertz CT molecular complexity index is 740. The topological polar surface area (TPSA) is 80.5 Å². The summed E-state index contributed by atoms with van der Waals surface area (Å²) in [5, 5.41) is 8.86. The van der Waals surface area contributed by atoms with Crippen LogP contribution in [0.2, 0.25) is 0 Å². The van der Waals surface area contributed by atoms with Crippen LogP contribution in [0.15, 0.2) is 18.3 Å². The van der Waals surface area contributed by atoms with E-state index in [2.05, 4.69) is 9.88 Å². The van der Waals surface area contributed by atoms with Gasteiger partial charge in [-0.25, -0.2) is 4.98 Å². The smallest absolute Gasteiger partial charge is 0.255 e. The number of amides is 2. The average Bonchev–Trinajstić information content (AvgIpc) is 2.68. The maximum atomic E-state index is 12.9. The Balaban J connectivity index is 1.69. The first-order valence-corrected chi connectivity index (χ1v) is 9.50. The van der Waals surface area contributed by atoms with Crippen LogP contribution < -0.4 is 0 Å². The second-order valence-electron chi connectivity index (χ2n) is 7.99. The standard InChI is InChI=1S/C20H27N5O2/c1-23(2)10-11-24-14-20(8-6-18(24)26)7-3-9-25(15-20)19(27)16-4-5-17(12-21)22-13-16/h4-5,13H,3,6-11,14-15H2,1-2H3/t20-/m0/s1. The summed E-state index contributed by atoms with van der Waals surface area (Å²) in [6.07, 6.45) is 4.89. The van der Waals surface area contributed by atoms with Crippen LogP contribution in [0.1, 0.15) is 41.7 Å². The zero-order chi connectivity index (χ0) is 19.4. The van der Waals surface area contributed by atoms with Crippen molar-refractivity contribution in [3.8, 4) is 6.07 Å². The zero-order valence-electron chi connectivity index (χ0n) is 16.1. The van der Waals surface area contributed by atoms with Gasteiger partial charge in [0.15, 0.2) is 0 Å². The lowest BCUT2D eigenvalue weighted by Gasteiger charge is -2.48. The summed E-state index contributed by atoms with van der Waals surface area (Å²) in [5.41, 5.74) is 0.820. The number of likely N-dealkylation sites (N-methyl/N-ethyl adjacent to an activating group) is 1. The van der Waals surface area contributed by atoms with Crippen molar-refractivity contribution in [1.82, 2.24) is 19.7 Å². The number of carbonyl (C=O) groups is 2. The molecule has 0 saturated carbocycles. The van der Waals surface area contributed by atoms with Crippen LogP contribution in [0.3, 0.4) is 0 Å². The molecule has 3 heterocycles. The van der Waals surface area contributed by atoms with Crippen molar-refractivity contribution in [2.24, 2.45) is 5.41 Å². The van der Waals surface area contributed by atoms with E-state index in [0.717, 1.165) is 45.4 Å². The van der Waals surface area contributed by atoms with E-state index < -0.39 is 0 Å². The third kappa shape index (κ3) is 4.45. The van der Waals surface area contributed by atoms with E-state index in [1.54, 1.807) is 12.1 Å². The molecule has 1 aromatic rings. The maximum Gasteiger partial charge on any atom is 0.255 e. The van der Waals surface area contributed by atoms with E-state index in [0.29, 0.717) is 24.2 Å². The van der Waals surface area contributed by atoms with E-state index in [1.807, 2.05) is 30.0 Å². The van der Waals surface area contributed by atoms with Crippen LogP contribution in [0.4, 0.5) is 0 Å². The Morgan fingerprint density at radius 2 is 2.15 bits per heavy atom. The minimum absolute atomic E-state index is 0.00580. The van der Waals surface area contributed by atoms with Crippen molar-refractivity contribution in [3.05, 3.63) is 29.6 Å². The predicted molar refractivity (Wildman–Crippen MR) is 101 cm³/mol. The van der Waals surface area contributed by atoms with Crippen molar-refractivity contribution >= 4 is 11.8 Å². The molecule has 0 bridgehead atoms. The van der Waals surface area contributed by atoms with E-state index in [-0.39, 0.29) is 17.2 Å². The van der Waals surface area contributed by atoms with Crippen LogP contribution in [-0.2, 0) is 4.79 Å². The highest BCUT2D eigenvalue weighted by atomic mass is 16.2. The summed E-state index contributed by atoms with van der Waals surface area (Å²) in [5.74, 6) is 0.185.